The number of nitrogens with zero attached hydrogens (tertiary/aromatic N) is 4. The number of carbonyl (C=O) groups excluding carboxylic acids is 1. The first kappa shape index (κ1) is 21.6. The lowest BCUT2D eigenvalue weighted by atomic mass is 10.3. The van der Waals surface area contributed by atoms with E-state index in [1.807, 2.05) is 53.6 Å². The van der Waals surface area contributed by atoms with E-state index in [0.717, 1.165) is 47.6 Å². The van der Waals surface area contributed by atoms with Gasteiger partial charge in [0.2, 0.25) is 5.91 Å². The van der Waals surface area contributed by atoms with Crippen molar-refractivity contribution in [3.8, 4) is 11.5 Å². The van der Waals surface area contributed by atoms with E-state index in [1.165, 1.54) is 23.1 Å². The van der Waals surface area contributed by atoms with Gasteiger partial charge >= 0.3 is 0 Å². The molecule has 1 aliphatic rings. The Balaban J connectivity index is 1.47. The van der Waals surface area contributed by atoms with Crippen LogP contribution < -0.4 is 10.1 Å². The summed E-state index contributed by atoms with van der Waals surface area (Å²) >= 11 is 3.00. The zero-order valence-corrected chi connectivity index (χ0v) is 19.2. The fourth-order valence-corrected chi connectivity index (χ4v) is 4.58. The van der Waals surface area contributed by atoms with E-state index in [-0.39, 0.29) is 5.91 Å². The standard InChI is InChI=1S/C22H25N5O2S2/c1-16-14-31-22(24-16)25-21-19(29-17-6-4-3-5-7-17)12-18(13-23-21)30-15-20(28)27-10-8-26(2)9-11-27/h3-7,12-14H,8-11,15H2,1-2H3,(H,23,24,25). The highest BCUT2D eigenvalue weighted by atomic mass is 32.2. The number of rotatable bonds is 7. The van der Waals surface area contributed by atoms with Crippen molar-refractivity contribution in [2.75, 3.05) is 44.3 Å². The molecule has 0 aliphatic carbocycles. The number of amides is 1. The largest absolute Gasteiger partial charge is 0.453 e. The van der Waals surface area contributed by atoms with E-state index in [9.17, 15) is 4.79 Å². The molecule has 3 aromatic rings. The fourth-order valence-electron chi connectivity index (χ4n) is 3.10. The Morgan fingerprint density at radius 1 is 1.23 bits per heavy atom. The number of hydrogen-bond donors (Lipinski definition) is 1. The van der Waals surface area contributed by atoms with Gasteiger partial charge in [-0.1, -0.05) is 18.2 Å². The average molecular weight is 456 g/mol. The van der Waals surface area contributed by atoms with E-state index in [2.05, 4.69) is 27.2 Å². The maximum atomic E-state index is 12.6. The second kappa shape index (κ2) is 10.1. The smallest absolute Gasteiger partial charge is 0.233 e. The van der Waals surface area contributed by atoms with Gasteiger partial charge in [0.15, 0.2) is 16.7 Å². The molecule has 1 aliphatic heterocycles. The van der Waals surface area contributed by atoms with Gasteiger partial charge in [-0.3, -0.25) is 4.79 Å². The molecule has 7 nitrogen and oxygen atoms in total. The second-order valence-corrected chi connectivity index (χ2v) is 9.23. The number of anilines is 2. The molecule has 1 N–H and O–H groups in total. The van der Waals surface area contributed by atoms with Crippen LogP contribution >= 0.6 is 23.1 Å². The number of aryl methyl sites for hydroxylation is 1. The van der Waals surface area contributed by atoms with Gasteiger partial charge in [-0.05, 0) is 32.2 Å². The minimum Gasteiger partial charge on any atom is -0.453 e. The van der Waals surface area contributed by atoms with Gasteiger partial charge in [-0.2, -0.15) is 0 Å². The number of nitrogens with one attached hydrogen (secondary N) is 1. The Bertz CT molecular complexity index is 1020. The topological polar surface area (TPSA) is 70.6 Å². The SMILES string of the molecule is Cc1csc(Nc2ncc(SCC(=O)N3CCN(C)CC3)cc2Oc2ccccc2)n1. The molecule has 0 spiro atoms. The maximum Gasteiger partial charge on any atom is 0.233 e. The summed E-state index contributed by atoms with van der Waals surface area (Å²) in [5.41, 5.74) is 0.952. The molecule has 1 amide bonds. The third-order valence-corrected chi connectivity index (χ3v) is 6.68. The lowest BCUT2D eigenvalue weighted by Crippen LogP contribution is -2.47. The number of hydrogen-bond acceptors (Lipinski definition) is 8. The third kappa shape index (κ3) is 5.96. The van der Waals surface area contributed by atoms with E-state index >= 15 is 0 Å². The van der Waals surface area contributed by atoms with Gasteiger partial charge in [0.25, 0.3) is 0 Å². The van der Waals surface area contributed by atoms with Crippen molar-refractivity contribution in [2.45, 2.75) is 11.8 Å². The van der Waals surface area contributed by atoms with Crippen molar-refractivity contribution in [3.63, 3.8) is 0 Å². The highest BCUT2D eigenvalue weighted by Crippen LogP contribution is 2.34. The fraction of sp³-hybridized carbons (Fsp3) is 0.318. The summed E-state index contributed by atoms with van der Waals surface area (Å²) < 4.78 is 6.10. The quantitative estimate of drug-likeness (QED) is 0.534. The Morgan fingerprint density at radius 3 is 2.71 bits per heavy atom. The molecule has 1 fully saturated rings. The van der Waals surface area contributed by atoms with Gasteiger partial charge < -0.3 is 19.9 Å². The lowest BCUT2D eigenvalue weighted by Gasteiger charge is -2.32. The van der Waals surface area contributed by atoms with Crippen LogP contribution in [0.4, 0.5) is 10.9 Å². The van der Waals surface area contributed by atoms with Crippen molar-refractivity contribution in [2.24, 2.45) is 0 Å². The van der Waals surface area contributed by atoms with Crippen LogP contribution in [0.3, 0.4) is 0 Å². The van der Waals surface area contributed by atoms with E-state index in [4.69, 9.17) is 4.74 Å². The number of thioether (sulfide) groups is 1. The molecule has 0 unspecified atom stereocenters. The average Bonchev–Trinajstić information content (AvgIpc) is 3.19. The Morgan fingerprint density at radius 2 is 2.00 bits per heavy atom. The van der Waals surface area contributed by atoms with Crippen LogP contribution in [0.5, 0.6) is 11.5 Å². The number of aromatic nitrogens is 2. The van der Waals surface area contributed by atoms with Crippen LogP contribution in [0, 0.1) is 6.92 Å². The molecule has 2 aromatic heterocycles. The minimum atomic E-state index is 0.157. The zero-order valence-electron chi connectivity index (χ0n) is 17.6. The van der Waals surface area contributed by atoms with Crippen LogP contribution in [0.25, 0.3) is 0 Å². The van der Waals surface area contributed by atoms with E-state index in [1.54, 1.807) is 6.20 Å². The predicted molar refractivity (Wildman–Crippen MR) is 126 cm³/mol. The predicted octanol–water partition coefficient (Wildman–Crippen LogP) is 4.25. The Kier molecular flexibility index (Phi) is 7.06. The lowest BCUT2D eigenvalue weighted by molar-refractivity contribution is -0.129. The molecule has 0 radical (unpaired) electrons. The van der Waals surface area contributed by atoms with Crippen LogP contribution in [0.2, 0.25) is 0 Å². The number of likely N-dealkylation sites (N-methyl/N-ethyl adjacent to an activating group) is 1. The van der Waals surface area contributed by atoms with Crippen molar-refractivity contribution in [1.29, 1.82) is 0 Å². The molecule has 0 bridgehead atoms. The first-order valence-corrected chi connectivity index (χ1v) is 11.9. The summed E-state index contributed by atoms with van der Waals surface area (Å²) in [7, 11) is 2.08. The molecule has 4 rings (SSSR count). The highest BCUT2D eigenvalue weighted by Gasteiger charge is 2.19. The second-order valence-electron chi connectivity index (χ2n) is 7.32. The van der Waals surface area contributed by atoms with Crippen molar-refractivity contribution in [3.05, 3.63) is 53.7 Å². The summed E-state index contributed by atoms with van der Waals surface area (Å²) in [6, 6.07) is 11.5. The summed E-state index contributed by atoms with van der Waals surface area (Å²) in [5, 5.41) is 5.98. The number of benzene rings is 1. The molecular weight excluding hydrogens is 430 g/mol. The van der Waals surface area contributed by atoms with Crippen LogP contribution in [-0.4, -0.2) is 64.7 Å². The van der Waals surface area contributed by atoms with Crippen molar-refractivity contribution in [1.82, 2.24) is 19.8 Å². The molecule has 3 heterocycles. The normalized spacial score (nSPS) is 14.5. The highest BCUT2D eigenvalue weighted by molar-refractivity contribution is 8.00. The molecule has 1 aromatic carbocycles. The number of pyridine rings is 1. The van der Waals surface area contributed by atoms with Crippen LogP contribution in [0.1, 0.15) is 5.69 Å². The number of piperazine rings is 1. The van der Waals surface area contributed by atoms with Gasteiger partial charge in [0.05, 0.1) is 11.4 Å². The molecule has 0 saturated carbocycles. The van der Waals surface area contributed by atoms with Crippen LogP contribution in [0.15, 0.2) is 52.9 Å². The third-order valence-electron chi connectivity index (χ3n) is 4.86. The van der Waals surface area contributed by atoms with Crippen molar-refractivity contribution >= 4 is 40.0 Å². The van der Waals surface area contributed by atoms with Crippen molar-refractivity contribution < 1.29 is 9.53 Å². The summed E-state index contributed by atoms with van der Waals surface area (Å²) in [6.45, 7) is 5.36. The minimum absolute atomic E-state index is 0.157. The summed E-state index contributed by atoms with van der Waals surface area (Å²) in [6.07, 6.45) is 1.77. The summed E-state index contributed by atoms with van der Waals surface area (Å²) in [5.74, 6) is 2.45. The van der Waals surface area contributed by atoms with E-state index in [0.29, 0.717) is 17.3 Å². The number of carbonyl (C=O) groups is 1. The first-order chi connectivity index (χ1) is 15.1. The number of ether oxygens (including phenoxy) is 1. The van der Waals surface area contributed by atoms with E-state index < -0.39 is 0 Å². The summed E-state index contributed by atoms with van der Waals surface area (Å²) in [4.78, 5) is 26.6. The van der Waals surface area contributed by atoms with Gasteiger partial charge in [-0.15, -0.1) is 23.1 Å². The molecule has 162 valence electrons. The van der Waals surface area contributed by atoms with Gasteiger partial charge in [0.1, 0.15) is 5.75 Å². The Labute approximate surface area is 190 Å². The molecule has 9 heteroatoms. The van der Waals surface area contributed by atoms with Gasteiger partial charge in [-0.25, -0.2) is 9.97 Å². The number of para-hydroxylation sites is 1. The Hall–Kier alpha value is -2.62. The molecule has 31 heavy (non-hydrogen) atoms. The van der Waals surface area contributed by atoms with Crippen LogP contribution in [-0.2, 0) is 4.79 Å². The molecular formula is C22H25N5O2S2. The first-order valence-electron chi connectivity index (χ1n) is 10.1. The molecule has 1 saturated heterocycles. The number of thiazole rings is 1. The maximum absolute atomic E-state index is 12.6. The zero-order chi connectivity index (χ0) is 21.6. The molecule has 0 atom stereocenters. The van der Waals surface area contributed by atoms with Gasteiger partial charge in [0, 0.05) is 42.7 Å². The monoisotopic (exact) mass is 455 g/mol.